The van der Waals surface area contributed by atoms with Crippen LogP contribution in [0.15, 0.2) is 158 Å². The van der Waals surface area contributed by atoms with Crippen LogP contribution in [0.25, 0.3) is 43.3 Å². The summed E-state index contributed by atoms with van der Waals surface area (Å²) in [7, 11) is -4.25. The first-order valence-corrected chi connectivity index (χ1v) is 18.3. The minimum atomic E-state index is -4.25. The first-order valence-electron chi connectivity index (χ1n) is 16.4. The van der Waals surface area contributed by atoms with Gasteiger partial charge in [-0.1, -0.05) is 152 Å². The van der Waals surface area contributed by atoms with Gasteiger partial charge >= 0.3 is 7.82 Å². The molecule has 5 nitrogen and oxygen atoms in total. The maximum atomic E-state index is 12.4. The van der Waals surface area contributed by atoms with Crippen molar-refractivity contribution in [3.05, 3.63) is 174 Å². The van der Waals surface area contributed by atoms with Crippen LogP contribution in [0.5, 0.6) is 17.2 Å². The molecular weight excluding hydrogens is 663 g/mol. The summed E-state index contributed by atoms with van der Waals surface area (Å²) in [6, 6.07) is 51.4. The number of benzene rings is 7. The van der Waals surface area contributed by atoms with Crippen molar-refractivity contribution in [3.63, 3.8) is 0 Å². The van der Waals surface area contributed by atoms with Gasteiger partial charge in [0.05, 0.1) is 11.6 Å². The van der Waals surface area contributed by atoms with Crippen molar-refractivity contribution < 1.29 is 23.2 Å². The lowest BCUT2D eigenvalue weighted by atomic mass is 9.92. The van der Waals surface area contributed by atoms with E-state index in [2.05, 4.69) is 31.2 Å². The Morgan fingerprint density at radius 1 is 0.600 bits per heavy atom. The summed E-state index contributed by atoms with van der Waals surface area (Å²) in [5.41, 5.74) is 5.75. The van der Waals surface area contributed by atoms with Crippen molar-refractivity contribution in [2.75, 3.05) is 6.61 Å². The molecular formula is C43H34ClO5P. The molecule has 1 N–H and O–H groups in total. The van der Waals surface area contributed by atoms with Gasteiger partial charge in [0.25, 0.3) is 0 Å². The van der Waals surface area contributed by atoms with Gasteiger partial charge in [-0.3, -0.25) is 4.89 Å². The lowest BCUT2D eigenvalue weighted by Crippen LogP contribution is -1.97. The highest BCUT2D eigenvalue weighted by Crippen LogP contribution is 2.56. The summed E-state index contributed by atoms with van der Waals surface area (Å²) in [6.45, 7) is 2.83. The molecule has 0 bridgehead atoms. The Bertz CT molecular complexity index is 2270. The van der Waals surface area contributed by atoms with E-state index in [1.54, 1.807) is 12.1 Å². The summed E-state index contributed by atoms with van der Waals surface area (Å²) >= 11 is 6.81. The summed E-state index contributed by atoms with van der Waals surface area (Å²) in [6.07, 6.45) is 0.997. The minimum absolute atomic E-state index is 0.347. The molecule has 7 aromatic rings. The van der Waals surface area contributed by atoms with E-state index in [0.29, 0.717) is 11.5 Å². The molecule has 1 aliphatic heterocycles. The minimum Gasteiger partial charge on any atom is -0.494 e. The highest BCUT2D eigenvalue weighted by Gasteiger charge is 2.33. The summed E-state index contributed by atoms with van der Waals surface area (Å²) < 4.78 is 28.8. The second kappa shape index (κ2) is 14.7. The highest BCUT2D eigenvalue weighted by molar-refractivity contribution is 7.48. The second-order valence-electron chi connectivity index (χ2n) is 11.8. The van der Waals surface area contributed by atoms with Crippen LogP contribution in [0, 0.1) is 0 Å². The average Bonchev–Trinajstić information content (AvgIpc) is 3.28. The van der Waals surface area contributed by atoms with Crippen molar-refractivity contribution >= 4 is 51.6 Å². The zero-order valence-electron chi connectivity index (χ0n) is 27.3. The smallest absolute Gasteiger partial charge is 0.494 e. The van der Waals surface area contributed by atoms with E-state index < -0.39 is 7.82 Å². The third-order valence-corrected chi connectivity index (χ3v) is 9.65. The van der Waals surface area contributed by atoms with Gasteiger partial charge < -0.3 is 13.8 Å². The van der Waals surface area contributed by atoms with Crippen molar-refractivity contribution in [1.29, 1.82) is 0 Å². The predicted molar refractivity (Wildman–Crippen MR) is 205 cm³/mol. The van der Waals surface area contributed by atoms with Crippen LogP contribution in [0.4, 0.5) is 0 Å². The van der Waals surface area contributed by atoms with Crippen LogP contribution in [-0.2, 0) is 4.57 Å². The summed E-state index contributed by atoms with van der Waals surface area (Å²) in [5.74, 6) is 1.58. The maximum Gasteiger partial charge on any atom is 0.584 e. The zero-order chi connectivity index (χ0) is 34.5. The lowest BCUT2D eigenvalue weighted by molar-refractivity contribution is 0.294. The molecule has 0 unspecified atom stereocenters. The first kappa shape index (κ1) is 33.2. The summed E-state index contributed by atoms with van der Waals surface area (Å²) in [5, 5.41) is 4.69. The number of hydrogen-bond acceptors (Lipinski definition) is 4. The van der Waals surface area contributed by atoms with Gasteiger partial charge in [-0.25, -0.2) is 4.57 Å². The van der Waals surface area contributed by atoms with E-state index in [-0.39, 0.29) is 0 Å². The molecule has 1 aliphatic rings. The van der Waals surface area contributed by atoms with E-state index in [9.17, 15) is 9.46 Å². The van der Waals surface area contributed by atoms with Crippen LogP contribution in [0.1, 0.15) is 30.0 Å². The zero-order valence-corrected chi connectivity index (χ0v) is 29.0. The molecule has 7 aromatic carbocycles. The SMILES string of the molecule is CCCOc1ccc(/C(=C(/Cl)c2ccccc2)c2ccccc2)cc1.O=P1(O)Oc2ccc3ccccc3c2-c2c(ccc3ccccc23)O1. The van der Waals surface area contributed by atoms with Gasteiger partial charge in [0.2, 0.25) is 0 Å². The number of rotatable bonds is 6. The van der Waals surface area contributed by atoms with Gasteiger partial charge in [-0.2, -0.15) is 0 Å². The number of phosphoric acid groups is 1. The fraction of sp³-hybridized carbons (Fsp3) is 0.0698. The first-order chi connectivity index (χ1) is 24.4. The van der Waals surface area contributed by atoms with Crippen molar-refractivity contribution in [1.82, 2.24) is 0 Å². The molecule has 0 amide bonds. The fourth-order valence-electron chi connectivity index (χ4n) is 6.13. The molecule has 7 heteroatoms. The topological polar surface area (TPSA) is 65.0 Å². The van der Waals surface area contributed by atoms with Gasteiger partial charge in [0.15, 0.2) is 0 Å². The van der Waals surface area contributed by atoms with Crippen molar-refractivity contribution in [2.45, 2.75) is 13.3 Å². The number of halogens is 1. The molecule has 0 saturated carbocycles. The van der Waals surface area contributed by atoms with E-state index in [0.717, 1.165) is 78.7 Å². The Hall–Kier alpha value is -5.32. The van der Waals surface area contributed by atoms with Crippen LogP contribution in [-0.4, -0.2) is 11.5 Å². The normalized spacial score (nSPS) is 13.3. The molecule has 50 heavy (non-hydrogen) atoms. The third-order valence-electron chi connectivity index (χ3n) is 8.38. The van der Waals surface area contributed by atoms with Gasteiger partial charge in [-0.05, 0) is 68.9 Å². The standard InChI is InChI=1S/C23H21ClO.C20H13O4P/c1-2-17-25-21-15-13-19(14-16-21)22(18-9-5-3-6-10-18)23(24)20-11-7-4-8-12-20;21-25(22)23-17-11-9-13-5-1-3-7-15(13)19(17)20-16-8-4-2-6-14(16)10-12-18(20)24-25/h3-16H,2,17H2,1H3;1-12H,(H,21,22)/b23-22+;. The van der Waals surface area contributed by atoms with Crippen LogP contribution in [0.3, 0.4) is 0 Å². The maximum absolute atomic E-state index is 12.4. The van der Waals surface area contributed by atoms with E-state index >= 15 is 0 Å². The van der Waals surface area contributed by atoms with E-state index in [1.165, 1.54) is 0 Å². The number of ether oxygens (including phenoxy) is 1. The fourth-order valence-corrected chi connectivity index (χ4v) is 7.31. The molecule has 0 fully saturated rings. The van der Waals surface area contributed by atoms with E-state index in [4.69, 9.17) is 25.4 Å². The number of phosphoric ester groups is 1. The Kier molecular flexibility index (Phi) is 9.73. The van der Waals surface area contributed by atoms with Crippen LogP contribution in [0.2, 0.25) is 0 Å². The molecule has 1 heterocycles. The third kappa shape index (κ3) is 7.03. The Labute approximate surface area is 296 Å². The van der Waals surface area contributed by atoms with E-state index in [1.807, 2.05) is 121 Å². The molecule has 0 spiro atoms. The quantitative estimate of drug-likeness (QED) is 0.138. The lowest BCUT2D eigenvalue weighted by Gasteiger charge is -2.13. The monoisotopic (exact) mass is 696 g/mol. The Morgan fingerprint density at radius 3 is 1.58 bits per heavy atom. The second-order valence-corrected chi connectivity index (χ2v) is 13.4. The van der Waals surface area contributed by atoms with Gasteiger partial charge in [-0.15, -0.1) is 0 Å². The molecule has 0 saturated heterocycles. The van der Waals surface area contributed by atoms with Gasteiger partial charge in [0.1, 0.15) is 17.2 Å². The van der Waals surface area contributed by atoms with Gasteiger partial charge in [0, 0.05) is 16.7 Å². The van der Waals surface area contributed by atoms with Crippen molar-refractivity contribution in [3.8, 4) is 28.4 Å². The molecule has 0 atom stereocenters. The molecule has 8 rings (SSSR count). The molecule has 0 aliphatic carbocycles. The summed E-state index contributed by atoms with van der Waals surface area (Å²) in [4.78, 5) is 10.1. The average molecular weight is 697 g/mol. The largest absolute Gasteiger partial charge is 0.584 e. The molecule has 0 radical (unpaired) electrons. The predicted octanol–water partition coefficient (Wildman–Crippen LogP) is 12.2. The van der Waals surface area contributed by atoms with Crippen LogP contribution < -0.4 is 13.8 Å². The van der Waals surface area contributed by atoms with Crippen molar-refractivity contribution in [2.24, 2.45) is 0 Å². The number of fused-ring (bicyclic) bond motifs is 7. The van der Waals surface area contributed by atoms with Crippen LogP contribution >= 0.6 is 19.4 Å². The Morgan fingerprint density at radius 2 is 1.06 bits per heavy atom. The highest BCUT2D eigenvalue weighted by atomic mass is 35.5. The number of hydrogen-bond donors (Lipinski definition) is 1. The molecule has 248 valence electrons. The Balaban J connectivity index is 0.000000157. The molecule has 0 aromatic heterocycles.